The van der Waals surface area contributed by atoms with Crippen LogP contribution in [0, 0.1) is 52.3 Å². The summed E-state index contributed by atoms with van der Waals surface area (Å²) in [6.07, 6.45) is 9.61. The number of hydrogen-bond donors (Lipinski definition) is 1. The maximum Gasteiger partial charge on any atom is 0.302 e. The van der Waals surface area contributed by atoms with Gasteiger partial charge in [0, 0.05) is 26.4 Å². The molecule has 0 aromatic heterocycles. The highest BCUT2D eigenvalue weighted by Gasteiger charge is 2.66. The van der Waals surface area contributed by atoms with E-state index in [1.54, 1.807) is 6.92 Å². The molecule has 0 bridgehead atoms. The Morgan fingerprint density at radius 1 is 0.941 bits per heavy atom. The van der Waals surface area contributed by atoms with Gasteiger partial charge in [-0.3, -0.25) is 9.59 Å². The normalized spacial score (nSPS) is 46.6. The monoisotopic (exact) mass is 476 g/mol. The standard InChI is InChI=1S/C29H48O5/c1-7-21-25-16-20(33-18(3)31)10-13-29(25,6)24-11-14-28(5)22(17(2)12-15-30)8-9-23(28)26(24)27(21)34-19(4)32/h17,20-27,30H,7-16H2,1-6H3/t17-,20-,21-,22-,23+,24+,25+,26+,27-,28-,29-/m1/s1. The Balaban J connectivity index is 1.70. The van der Waals surface area contributed by atoms with Gasteiger partial charge in [0.2, 0.25) is 0 Å². The van der Waals surface area contributed by atoms with Crippen LogP contribution in [0.25, 0.3) is 0 Å². The molecule has 0 unspecified atom stereocenters. The first-order valence-electron chi connectivity index (χ1n) is 14.0. The number of aliphatic hydroxyl groups is 1. The van der Waals surface area contributed by atoms with Crippen LogP contribution < -0.4 is 0 Å². The SMILES string of the molecule is CC[C@H]1[C@@H](OC(C)=O)[C@@H]2[C@H](CC[C@]3(C)[C@@H]([C@H](C)CCO)CC[C@@H]23)[C@@]2(C)CC[C@@H](OC(C)=O)C[C@@H]12. The van der Waals surface area contributed by atoms with Gasteiger partial charge in [-0.25, -0.2) is 0 Å². The Bertz CT molecular complexity index is 766. The minimum absolute atomic E-state index is 0.0109. The van der Waals surface area contributed by atoms with Gasteiger partial charge in [-0.15, -0.1) is 0 Å². The average Bonchev–Trinajstić information content (AvgIpc) is 3.11. The molecule has 0 aromatic rings. The topological polar surface area (TPSA) is 72.8 Å². The zero-order valence-electron chi connectivity index (χ0n) is 22.3. The quantitative estimate of drug-likeness (QED) is 0.493. The third-order valence-corrected chi connectivity index (χ3v) is 11.3. The molecule has 4 rings (SSSR count). The Kier molecular flexibility index (Phi) is 7.45. The van der Waals surface area contributed by atoms with Crippen molar-refractivity contribution in [2.75, 3.05) is 6.61 Å². The van der Waals surface area contributed by atoms with E-state index < -0.39 is 0 Å². The van der Waals surface area contributed by atoms with Crippen LogP contribution in [-0.4, -0.2) is 35.9 Å². The second kappa shape index (κ2) is 9.75. The van der Waals surface area contributed by atoms with E-state index >= 15 is 0 Å². The van der Waals surface area contributed by atoms with Gasteiger partial charge in [0.05, 0.1) is 0 Å². The van der Waals surface area contributed by atoms with Crippen LogP contribution in [0.4, 0.5) is 0 Å². The molecule has 4 aliphatic carbocycles. The molecular formula is C29H48O5. The lowest BCUT2D eigenvalue weighted by Crippen LogP contribution is -2.63. The fourth-order valence-electron chi connectivity index (χ4n) is 9.98. The number of aliphatic hydroxyl groups excluding tert-OH is 1. The van der Waals surface area contributed by atoms with E-state index in [1.165, 1.54) is 32.6 Å². The fourth-order valence-corrected chi connectivity index (χ4v) is 9.98. The summed E-state index contributed by atoms with van der Waals surface area (Å²) in [4.78, 5) is 24.1. The van der Waals surface area contributed by atoms with Gasteiger partial charge >= 0.3 is 11.9 Å². The maximum absolute atomic E-state index is 12.4. The molecular weight excluding hydrogens is 428 g/mol. The van der Waals surface area contributed by atoms with Crippen molar-refractivity contribution in [2.24, 2.45) is 52.3 Å². The lowest BCUT2D eigenvalue weighted by atomic mass is 9.41. The largest absolute Gasteiger partial charge is 0.463 e. The molecule has 0 heterocycles. The number of rotatable bonds is 6. The Labute approximate surface area is 206 Å². The second-order valence-electron chi connectivity index (χ2n) is 12.8. The van der Waals surface area contributed by atoms with Crippen molar-refractivity contribution in [3.8, 4) is 0 Å². The summed E-state index contributed by atoms with van der Waals surface area (Å²) < 4.78 is 12.0. The van der Waals surface area contributed by atoms with E-state index in [0.29, 0.717) is 41.4 Å². The minimum atomic E-state index is -0.186. The van der Waals surface area contributed by atoms with Crippen molar-refractivity contribution in [3.05, 3.63) is 0 Å². The molecule has 34 heavy (non-hydrogen) atoms. The first-order valence-corrected chi connectivity index (χ1v) is 14.0. The first-order chi connectivity index (χ1) is 16.1. The number of carbonyl (C=O) groups is 2. The highest BCUT2D eigenvalue weighted by molar-refractivity contribution is 5.66. The van der Waals surface area contributed by atoms with Crippen molar-refractivity contribution < 1.29 is 24.2 Å². The summed E-state index contributed by atoms with van der Waals surface area (Å²) in [6.45, 7) is 12.9. The smallest absolute Gasteiger partial charge is 0.302 e. The number of fused-ring (bicyclic) bond motifs is 5. The molecule has 5 heteroatoms. The van der Waals surface area contributed by atoms with Gasteiger partial charge in [0.15, 0.2) is 0 Å². The van der Waals surface area contributed by atoms with E-state index in [4.69, 9.17) is 9.47 Å². The molecule has 5 nitrogen and oxygen atoms in total. The van der Waals surface area contributed by atoms with Gasteiger partial charge in [-0.1, -0.05) is 27.7 Å². The van der Waals surface area contributed by atoms with Crippen molar-refractivity contribution in [3.63, 3.8) is 0 Å². The molecule has 0 aliphatic heterocycles. The molecule has 0 amide bonds. The third-order valence-electron chi connectivity index (χ3n) is 11.3. The number of carbonyl (C=O) groups excluding carboxylic acids is 2. The molecule has 1 N–H and O–H groups in total. The van der Waals surface area contributed by atoms with Gasteiger partial charge in [-0.2, -0.15) is 0 Å². The summed E-state index contributed by atoms with van der Waals surface area (Å²) in [6, 6.07) is 0. The van der Waals surface area contributed by atoms with Crippen LogP contribution >= 0.6 is 0 Å². The molecule has 0 radical (unpaired) electrons. The highest BCUT2D eigenvalue weighted by Crippen LogP contribution is 2.70. The fraction of sp³-hybridized carbons (Fsp3) is 0.931. The van der Waals surface area contributed by atoms with Gasteiger partial charge in [0.1, 0.15) is 12.2 Å². The molecule has 0 saturated heterocycles. The average molecular weight is 477 g/mol. The van der Waals surface area contributed by atoms with Crippen molar-refractivity contribution in [2.45, 2.75) is 112 Å². The lowest BCUT2D eigenvalue weighted by Gasteiger charge is -2.65. The van der Waals surface area contributed by atoms with Crippen LogP contribution in [0.3, 0.4) is 0 Å². The molecule has 0 aromatic carbocycles. The zero-order valence-corrected chi connectivity index (χ0v) is 22.3. The summed E-state index contributed by atoms with van der Waals surface area (Å²) in [5.74, 6) is 3.06. The molecule has 0 spiro atoms. The number of esters is 2. The van der Waals surface area contributed by atoms with E-state index in [-0.39, 0.29) is 41.6 Å². The van der Waals surface area contributed by atoms with Crippen LogP contribution in [0.5, 0.6) is 0 Å². The zero-order chi connectivity index (χ0) is 24.8. The number of hydrogen-bond acceptors (Lipinski definition) is 5. The van der Waals surface area contributed by atoms with Gasteiger partial charge in [-0.05, 0) is 104 Å². The van der Waals surface area contributed by atoms with Gasteiger partial charge in [0.25, 0.3) is 0 Å². The van der Waals surface area contributed by atoms with E-state index in [0.717, 1.165) is 32.1 Å². The number of ether oxygens (including phenoxy) is 2. The molecule has 4 aliphatic rings. The third kappa shape index (κ3) is 4.22. The van der Waals surface area contributed by atoms with Crippen LogP contribution in [0.15, 0.2) is 0 Å². The van der Waals surface area contributed by atoms with Crippen molar-refractivity contribution in [1.29, 1.82) is 0 Å². The van der Waals surface area contributed by atoms with E-state index in [1.807, 2.05) is 0 Å². The summed E-state index contributed by atoms with van der Waals surface area (Å²) in [7, 11) is 0. The lowest BCUT2D eigenvalue weighted by molar-refractivity contribution is -0.219. The maximum atomic E-state index is 12.4. The van der Waals surface area contributed by atoms with Crippen molar-refractivity contribution >= 4 is 11.9 Å². The molecule has 4 saturated carbocycles. The predicted octanol–water partition coefficient (Wildman–Crippen LogP) is 5.77. The first kappa shape index (κ1) is 26.0. The van der Waals surface area contributed by atoms with Crippen molar-refractivity contribution in [1.82, 2.24) is 0 Å². The molecule has 194 valence electrons. The Hall–Kier alpha value is -1.10. The Morgan fingerprint density at radius 2 is 1.59 bits per heavy atom. The summed E-state index contributed by atoms with van der Waals surface area (Å²) in [5, 5.41) is 9.62. The Morgan fingerprint density at radius 3 is 2.21 bits per heavy atom. The van der Waals surface area contributed by atoms with E-state index in [9.17, 15) is 14.7 Å². The van der Waals surface area contributed by atoms with Crippen LogP contribution in [-0.2, 0) is 19.1 Å². The van der Waals surface area contributed by atoms with E-state index in [2.05, 4.69) is 27.7 Å². The second-order valence-corrected chi connectivity index (χ2v) is 12.8. The van der Waals surface area contributed by atoms with Crippen LogP contribution in [0.1, 0.15) is 99.3 Å². The summed E-state index contributed by atoms with van der Waals surface area (Å²) in [5.41, 5.74) is 0.458. The van der Waals surface area contributed by atoms with Crippen LogP contribution in [0.2, 0.25) is 0 Å². The van der Waals surface area contributed by atoms with Gasteiger partial charge < -0.3 is 14.6 Å². The molecule has 11 atom stereocenters. The summed E-state index contributed by atoms with van der Waals surface area (Å²) >= 11 is 0. The molecule has 4 fully saturated rings. The minimum Gasteiger partial charge on any atom is -0.463 e. The highest BCUT2D eigenvalue weighted by atomic mass is 16.5. The predicted molar refractivity (Wildman–Crippen MR) is 132 cm³/mol.